The molecule has 0 radical (unpaired) electrons. The monoisotopic (exact) mass is 262 g/mol. The first-order valence-electron chi connectivity index (χ1n) is 6.34. The van der Waals surface area contributed by atoms with E-state index in [4.69, 9.17) is 0 Å². The van der Waals surface area contributed by atoms with Crippen molar-refractivity contribution in [2.75, 3.05) is 0 Å². The van der Waals surface area contributed by atoms with Gasteiger partial charge in [0.2, 0.25) is 0 Å². The number of carbonyl (C=O) groups is 1. The Hall–Kier alpha value is -2.68. The van der Waals surface area contributed by atoms with Gasteiger partial charge in [-0.2, -0.15) is 0 Å². The lowest BCUT2D eigenvalue weighted by Gasteiger charge is -2.16. The van der Waals surface area contributed by atoms with Crippen molar-refractivity contribution in [1.29, 1.82) is 0 Å². The third-order valence-electron chi connectivity index (χ3n) is 3.34. The van der Waals surface area contributed by atoms with Crippen LogP contribution in [-0.2, 0) is 0 Å². The molecule has 0 bridgehead atoms. The van der Waals surface area contributed by atoms with E-state index in [1.54, 1.807) is 12.1 Å². The average molecular weight is 262 g/mol. The van der Waals surface area contributed by atoms with Gasteiger partial charge < -0.3 is 9.90 Å². The summed E-state index contributed by atoms with van der Waals surface area (Å²) in [4.78, 5) is 16.1. The summed E-state index contributed by atoms with van der Waals surface area (Å²) >= 11 is 0. The van der Waals surface area contributed by atoms with Crippen LogP contribution in [0.15, 0.2) is 54.6 Å². The van der Waals surface area contributed by atoms with Gasteiger partial charge in [-0.25, -0.2) is 0 Å². The van der Waals surface area contributed by atoms with Gasteiger partial charge >= 0.3 is 0 Å². The van der Waals surface area contributed by atoms with Crippen LogP contribution in [0.3, 0.4) is 0 Å². The molecule has 1 heterocycles. The number of nitrogens with zero attached hydrogens (tertiary/aromatic N) is 1. The Bertz CT molecular complexity index is 795. The van der Waals surface area contributed by atoms with Gasteiger partial charge in [-0.15, -0.1) is 0 Å². The summed E-state index contributed by atoms with van der Waals surface area (Å²) in [5, 5.41) is 12.2. The Morgan fingerprint density at radius 2 is 1.65 bits per heavy atom. The van der Waals surface area contributed by atoms with Gasteiger partial charge in [0.15, 0.2) is 0 Å². The van der Waals surface area contributed by atoms with Crippen molar-refractivity contribution in [3.8, 4) is 11.1 Å². The summed E-state index contributed by atoms with van der Waals surface area (Å²) in [6, 6.07) is 16.6. The van der Waals surface area contributed by atoms with Crippen LogP contribution in [0.1, 0.15) is 16.1 Å². The third-order valence-corrected chi connectivity index (χ3v) is 3.34. The van der Waals surface area contributed by atoms with E-state index in [1.807, 2.05) is 49.4 Å². The largest absolute Gasteiger partial charge is 0.545 e. The molecule has 0 atom stereocenters. The van der Waals surface area contributed by atoms with E-state index >= 15 is 0 Å². The lowest BCUT2D eigenvalue weighted by atomic mass is 9.95. The van der Waals surface area contributed by atoms with Crippen LogP contribution in [0.5, 0.6) is 0 Å². The zero-order valence-corrected chi connectivity index (χ0v) is 11.0. The average Bonchev–Trinajstić information content (AvgIpc) is 2.46. The Balaban J connectivity index is 2.45. The normalized spacial score (nSPS) is 10.7. The molecule has 1 aromatic heterocycles. The topological polar surface area (TPSA) is 53.0 Å². The fourth-order valence-corrected chi connectivity index (χ4v) is 2.50. The second kappa shape index (κ2) is 4.78. The molecule has 0 fully saturated rings. The molecule has 0 N–H and O–H groups in total. The lowest BCUT2D eigenvalue weighted by molar-refractivity contribution is -0.254. The third kappa shape index (κ3) is 1.93. The highest BCUT2D eigenvalue weighted by Crippen LogP contribution is 2.31. The molecule has 0 unspecified atom stereocenters. The second-order valence-corrected chi connectivity index (χ2v) is 4.62. The van der Waals surface area contributed by atoms with Gasteiger partial charge in [0.1, 0.15) is 0 Å². The highest BCUT2D eigenvalue weighted by Gasteiger charge is 2.14. The number of carbonyl (C=O) groups excluding carboxylic acids is 1. The number of carboxylic acids is 1. The van der Waals surface area contributed by atoms with Crippen molar-refractivity contribution < 1.29 is 9.90 Å². The van der Waals surface area contributed by atoms with Crippen LogP contribution in [0.25, 0.3) is 22.0 Å². The van der Waals surface area contributed by atoms with Crippen LogP contribution >= 0.6 is 0 Å². The Kier molecular flexibility index (Phi) is 2.95. The number of aryl methyl sites for hydroxylation is 1. The quantitative estimate of drug-likeness (QED) is 0.713. The molecule has 98 valence electrons. The molecule has 0 saturated carbocycles. The maximum atomic E-state index is 11.6. The first-order chi connectivity index (χ1) is 9.68. The highest BCUT2D eigenvalue weighted by atomic mass is 16.4. The number of rotatable bonds is 2. The molecule has 0 saturated heterocycles. The van der Waals surface area contributed by atoms with Gasteiger partial charge in [-0.3, -0.25) is 4.98 Å². The Morgan fingerprint density at radius 3 is 2.35 bits per heavy atom. The van der Waals surface area contributed by atoms with E-state index in [9.17, 15) is 9.90 Å². The fraction of sp³-hybridized carbons (Fsp3) is 0.0588. The summed E-state index contributed by atoms with van der Waals surface area (Å²) < 4.78 is 0. The smallest absolute Gasteiger partial charge is 0.0729 e. The maximum absolute atomic E-state index is 11.6. The van der Waals surface area contributed by atoms with Gasteiger partial charge in [-0.05, 0) is 18.6 Å². The van der Waals surface area contributed by atoms with Crippen LogP contribution in [0.2, 0.25) is 0 Å². The Morgan fingerprint density at radius 1 is 1.00 bits per heavy atom. The molecule has 3 nitrogen and oxygen atoms in total. The zero-order valence-electron chi connectivity index (χ0n) is 11.0. The number of carboxylic acid groups (broad SMARTS) is 1. The molecule has 0 aliphatic heterocycles. The highest BCUT2D eigenvalue weighted by molar-refractivity contribution is 6.08. The van der Waals surface area contributed by atoms with Crippen LogP contribution in [0, 0.1) is 6.92 Å². The first-order valence-corrected chi connectivity index (χ1v) is 6.34. The number of aromatic nitrogens is 1. The summed E-state index contributed by atoms with van der Waals surface area (Å²) in [6.45, 7) is 1.82. The number of hydrogen-bond donors (Lipinski definition) is 0. The number of para-hydroxylation sites is 1. The molecule has 3 rings (SSSR count). The zero-order chi connectivity index (χ0) is 14.1. The number of aromatic carboxylic acids is 1. The second-order valence-electron chi connectivity index (χ2n) is 4.62. The summed E-state index contributed by atoms with van der Waals surface area (Å²) in [5.41, 5.74) is 3.03. The number of benzene rings is 2. The van der Waals surface area contributed by atoms with Crippen molar-refractivity contribution in [3.63, 3.8) is 0 Å². The molecule has 20 heavy (non-hydrogen) atoms. The number of fused-ring (bicyclic) bond motifs is 1. The van der Waals surface area contributed by atoms with E-state index in [1.165, 1.54) is 0 Å². The predicted octanol–water partition coefficient (Wildman–Crippen LogP) is 2.57. The van der Waals surface area contributed by atoms with Crippen molar-refractivity contribution in [1.82, 2.24) is 4.98 Å². The molecular weight excluding hydrogens is 250 g/mol. The van der Waals surface area contributed by atoms with Crippen molar-refractivity contribution in [2.45, 2.75) is 6.92 Å². The van der Waals surface area contributed by atoms with Gasteiger partial charge in [0, 0.05) is 22.2 Å². The molecule has 0 amide bonds. The minimum atomic E-state index is -1.18. The fourth-order valence-electron chi connectivity index (χ4n) is 2.50. The molecule has 3 aromatic rings. The molecule has 0 spiro atoms. The number of hydrogen-bond acceptors (Lipinski definition) is 3. The van der Waals surface area contributed by atoms with Crippen molar-refractivity contribution >= 4 is 16.9 Å². The van der Waals surface area contributed by atoms with Crippen LogP contribution in [-0.4, -0.2) is 11.0 Å². The van der Waals surface area contributed by atoms with Crippen LogP contribution < -0.4 is 5.11 Å². The van der Waals surface area contributed by atoms with Gasteiger partial charge in [-0.1, -0.05) is 48.5 Å². The SMILES string of the molecule is Cc1nc2ccccc2c(C(=O)[O-])c1-c1ccccc1. The van der Waals surface area contributed by atoms with Crippen LogP contribution in [0.4, 0.5) is 0 Å². The predicted molar refractivity (Wildman–Crippen MR) is 76.2 cm³/mol. The molecule has 2 aromatic carbocycles. The van der Waals surface area contributed by atoms with E-state index < -0.39 is 5.97 Å². The van der Waals surface area contributed by atoms with Gasteiger partial charge in [0.25, 0.3) is 0 Å². The Labute approximate surface area is 116 Å². The van der Waals surface area contributed by atoms with E-state index in [-0.39, 0.29) is 5.56 Å². The molecule has 0 aliphatic carbocycles. The van der Waals surface area contributed by atoms with Crippen molar-refractivity contribution in [3.05, 3.63) is 65.9 Å². The first kappa shape index (κ1) is 12.4. The lowest BCUT2D eigenvalue weighted by Crippen LogP contribution is -2.24. The van der Waals surface area contributed by atoms with E-state index in [2.05, 4.69) is 4.98 Å². The maximum Gasteiger partial charge on any atom is 0.0729 e. The minimum absolute atomic E-state index is 0.208. The van der Waals surface area contributed by atoms with E-state index in [0.29, 0.717) is 22.2 Å². The molecule has 3 heteroatoms. The summed E-state index contributed by atoms with van der Waals surface area (Å²) in [5.74, 6) is -1.18. The minimum Gasteiger partial charge on any atom is -0.545 e. The van der Waals surface area contributed by atoms with E-state index in [0.717, 1.165) is 5.56 Å². The van der Waals surface area contributed by atoms with Crippen molar-refractivity contribution in [2.24, 2.45) is 0 Å². The number of pyridine rings is 1. The molecular formula is C17H12NO2-. The van der Waals surface area contributed by atoms with Gasteiger partial charge in [0.05, 0.1) is 11.5 Å². The summed E-state index contributed by atoms with van der Waals surface area (Å²) in [6.07, 6.45) is 0. The standard InChI is InChI=1S/C17H13NO2/c1-11-15(12-7-3-2-4-8-12)16(17(19)20)13-9-5-6-10-14(13)18-11/h2-10H,1H3,(H,19,20)/p-1. The summed E-state index contributed by atoms with van der Waals surface area (Å²) in [7, 11) is 0. The molecule has 0 aliphatic rings.